The van der Waals surface area contributed by atoms with E-state index in [4.69, 9.17) is 9.73 Å². The van der Waals surface area contributed by atoms with Gasteiger partial charge in [-0.3, -0.25) is 14.9 Å². The van der Waals surface area contributed by atoms with Crippen LogP contribution in [0.2, 0.25) is 0 Å². The molecule has 1 amide bonds. The van der Waals surface area contributed by atoms with Gasteiger partial charge in [0.15, 0.2) is 5.92 Å². The van der Waals surface area contributed by atoms with Crippen LogP contribution in [0.25, 0.3) is 0 Å². The molecule has 6 nitrogen and oxygen atoms in total. The zero-order valence-electron chi connectivity index (χ0n) is 16.1. The van der Waals surface area contributed by atoms with Crippen molar-refractivity contribution in [2.24, 2.45) is 10.9 Å². The van der Waals surface area contributed by atoms with E-state index in [0.29, 0.717) is 24.6 Å². The predicted molar refractivity (Wildman–Crippen MR) is 105 cm³/mol. The number of nitrogens with zero attached hydrogens (tertiary/aromatic N) is 2. The summed E-state index contributed by atoms with van der Waals surface area (Å²) in [5.41, 5.74) is 3.06. The first-order valence-corrected chi connectivity index (χ1v) is 9.69. The summed E-state index contributed by atoms with van der Waals surface area (Å²) in [5.74, 6) is -2.16. The summed E-state index contributed by atoms with van der Waals surface area (Å²) >= 11 is 0. The molecule has 2 atom stereocenters. The highest BCUT2D eigenvalue weighted by Gasteiger charge is 2.42. The van der Waals surface area contributed by atoms with E-state index in [1.165, 1.54) is 23.3 Å². The average Bonchev–Trinajstić information content (AvgIpc) is 2.73. The summed E-state index contributed by atoms with van der Waals surface area (Å²) in [6.07, 6.45) is 0.841. The molecule has 29 heavy (non-hydrogen) atoms. The highest BCUT2D eigenvalue weighted by Crippen LogP contribution is 2.31. The van der Waals surface area contributed by atoms with Gasteiger partial charge in [-0.2, -0.15) is 0 Å². The van der Waals surface area contributed by atoms with Crippen LogP contribution in [0.4, 0.5) is 4.39 Å². The van der Waals surface area contributed by atoms with Gasteiger partial charge in [-0.25, -0.2) is 9.38 Å². The second-order valence-corrected chi connectivity index (χ2v) is 7.11. The number of ether oxygens (including phenoxy) is 1. The van der Waals surface area contributed by atoms with E-state index in [2.05, 4.69) is 17.4 Å². The van der Waals surface area contributed by atoms with Crippen LogP contribution >= 0.6 is 0 Å². The van der Waals surface area contributed by atoms with Crippen LogP contribution in [-0.2, 0) is 27.3 Å². The third-order valence-electron chi connectivity index (χ3n) is 5.28. The standard InChI is InChI=1S/C22H22FN3O3/c1-2-29-21(28)18-19(15-7-9-17(23)10-8-15)24-22(25-20(18)27)26-12-11-14-5-3-4-6-16(14)13-26/h3-10,18-19H,2,11-13H2,1H3,(H,24,25,27). The molecule has 2 aromatic rings. The first kappa shape index (κ1) is 19.1. The summed E-state index contributed by atoms with van der Waals surface area (Å²) in [7, 11) is 0. The van der Waals surface area contributed by atoms with Crippen LogP contribution in [0.1, 0.15) is 29.7 Å². The summed E-state index contributed by atoms with van der Waals surface area (Å²) in [5, 5.41) is 2.78. The first-order valence-electron chi connectivity index (χ1n) is 9.69. The van der Waals surface area contributed by atoms with Crippen molar-refractivity contribution in [2.75, 3.05) is 13.2 Å². The number of hydrogen-bond donors (Lipinski definition) is 1. The number of fused-ring (bicyclic) bond motifs is 1. The van der Waals surface area contributed by atoms with Crippen LogP contribution in [0.3, 0.4) is 0 Å². The molecule has 0 fully saturated rings. The molecule has 0 saturated heterocycles. The lowest BCUT2D eigenvalue weighted by atomic mass is 9.91. The summed E-state index contributed by atoms with van der Waals surface area (Å²) in [4.78, 5) is 32.0. The Labute approximate surface area is 168 Å². The van der Waals surface area contributed by atoms with Gasteiger partial charge in [-0.1, -0.05) is 36.4 Å². The number of aliphatic imine (C=N–C) groups is 1. The number of amides is 1. The Morgan fingerprint density at radius 2 is 1.93 bits per heavy atom. The van der Waals surface area contributed by atoms with Crippen LogP contribution in [-0.4, -0.2) is 35.9 Å². The first-order chi connectivity index (χ1) is 14.1. The van der Waals surface area contributed by atoms with E-state index in [0.717, 1.165) is 6.42 Å². The fourth-order valence-corrected chi connectivity index (χ4v) is 3.80. The maximum Gasteiger partial charge on any atom is 0.321 e. The second kappa shape index (κ2) is 8.03. The van der Waals surface area contributed by atoms with E-state index >= 15 is 0 Å². The number of esters is 1. The van der Waals surface area contributed by atoms with Crippen LogP contribution in [0.15, 0.2) is 53.5 Å². The van der Waals surface area contributed by atoms with Gasteiger partial charge in [0.25, 0.3) is 0 Å². The van der Waals surface area contributed by atoms with E-state index in [-0.39, 0.29) is 6.61 Å². The molecule has 0 spiro atoms. The SMILES string of the molecule is CCOC(=O)C1C(=O)NC(N2CCc3ccccc3C2)=NC1c1ccc(F)cc1. The molecule has 2 aliphatic heterocycles. The molecule has 2 aliphatic rings. The van der Waals surface area contributed by atoms with Gasteiger partial charge in [0.2, 0.25) is 11.9 Å². The topological polar surface area (TPSA) is 71.0 Å². The number of nitrogens with one attached hydrogen (secondary N) is 1. The van der Waals surface area contributed by atoms with Crippen molar-refractivity contribution >= 4 is 17.8 Å². The molecule has 2 aromatic carbocycles. The Kier molecular flexibility index (Phi) is 5.29. The van der Waals surface area contributed by atoms with E-state index in [1.54, 1.807) is 19.1 Å². The largest absolute Gasteiger partial charge is 0.465 e. The summed E-state index contributed by atoms with van der Waals surface area (Å²) < 4.78 is 18.5. The van der Waals surface area contributed by atoms with E-state index in [9.17, 15) is 14.0 Å². The van der Waals surface area contributed by atoms with Gasteiger partial charge in [0, 0.05) is 13.1 Å². The normalized spacial score (nSPS) is 21.1. The highest BCUT2D eigenvalue weighted by molar-refractivity contribution is 6.08. The molecule has 0 radical (unpaired) electrons. The molecule has 7 heteroatoms. The molecule has 0 saturated carbocycles. The second-order valence-electron chi connectivity index (χ2n) is 7.11. The lowest BCUT2D eigenvalue weighted by Crippen LogP contribution is -2.53. The third kappa shape index (κ3) is 3.85. The highest BCUT2D eigenvalue weighted by atomic mass is 19.1. The van der Waals surface area contributed by atoms with Gasteiger partial charge in [-0.05, 0) is 42.2 Å². The number of guanidine groups is 1. The fraction of sp³-hybridized carbons (Fsp3) is 0.318. The van der Waals surface area contributed by atoms with Crippen LogP contribution < -0.4 is 5.32 Å². The van der Waals surface area contributed by atoms with Crippen molar-refractivity contribution in [1.82, 2.24) is 10.2 Å². The zero-order chi connectivity index (χ0) is 20.4. The van der Waals surface area contributed by atoms with Crippen LogP contribution in [0, 0.1) is 11.7 Å². The monoisotopic (exact) mass is 395 g/mol. The lowest BCUT2D eigenvalue weighted by molar-refractivity contribution is -0.153. The lowest BCUT2D eigenvalue weighted by Gasteiger charge is -2.36. The van der Waals surface area contributed by atoms with E-state index < -0.39 is 29.7 Å². The fourth-order valence-electron chi connectivity index (χ4n) is 3.80. The molecule has 4 rings (SSSR count). The number of hydrogen-bond acceptors (Lipinski definition) is 5. The minimum atomic E-state index is -1.11. The molecular weight excluding hydrogens is 373 g/mol. The average molecular weight is 395 g/mol. The summed E-state index contributed by atoms with van der Waals surface area (Å²) in [6, 6.07) is 13.1. The molecule has 0 aromatic heterocycles. The number of carbonyl (C=O) groups is 2. The predicted octanol–water partition coefficient (Wildman–Crippen LogP) is 2.59. The van der Waals surface area contributed by atoms with Crippen molar-refractivity contribution < 1.29 is 18.7 Å². The zero-order valence-corrected chi connectivity index (χ0v) is 16.1. The van der Waals surface area contributed by atoms with E-state index in [1.807, 2.05) is 17.0 Å². The minimum Gasteiger partial charge on any atom is -0.465 e. The Hall–Kier alpha value is -3.22. The van der Waals surface area contributed by atoms with Gasteiger partial charge >= 0.3 is 5.97 Å². The smallest absolute Gasteiger partial charge is 0.321 e. The Bertz CT molecular complexity index is 958. The number of carbonyl (C=O) groups excluding carboxylic acids is 2. The maximum absolute atomic E-state index is 13.4. The quantitative estimate of drug-likeness (QED) is 0.641. The minimum absolute atomic E-state index is 0.165. The number of benzene rings is 2. The van der Waals surface area contributed by atoms with Crippen molar-refractivity contribution in [1.29, 1.82) is 0 Å². The molecule has 1 N–H and O–H groups in total. The van der Waals surface area contributed by atoms with Crippen LogP contribution in [0.5, 0.6) is 0 Å². The Morgan fingerprint density at radius 3 is 2.66 bits per heavy atom. The van der Waals surface area contributed by atoms with Gasteiger partial charge in [0.05, 0.1) is 6.61 Å². The Morgan fingerprint density at radius 1 is 1.21 bits per heavy atom. The number of rotatable bonds is 3. The molecule has 0 aliphatic carbocycles. The van der Waals surface area contributed by atoms with Crippen molar-refractivity contribution in [3.8, 4) is 0 Å². The van der Waals surface area contributed by atoms with Gasteiger partial charge in [0.1, 0.15) is 11.9 Å². The molecular formula is C22H22FN3O3. The van der Waals surface area contributed by atoms with Gasteiger partial charge in [-0.15, -0.1) is 0 Å². The molecule has 2 heterocycles. The van der Waals surface area contributed by atoms with Crippen molar-refractivity contribution in [3.63, 3.8) is 0 Å². The summed E-state index contributed by atoms with van der Waals surface area (Å²) in [6.45, 7) is 3.18. The van der Waals surface area contributed by atoms with Crippen molar-refractivity contribution in [3.05, 3.63) is 71.0 Å². The number of halogens is 1. The maximum atomic E-state index is 13.4. The third-order valence-corrected chi connectivity index (χ3v) is 5.28. The molecule has 150 valence electrons. The molecule has 2 unspecified atom stereocenters. The Balaban J connectivity index is 1.68. The van der Waals surface area contributed by atoms with Crippen molar-refractivity contribution in [2.45, 2.75) is 25.9 Å². The molecule has 0 bridgehead atoms. The van der Waals surface area contributed by atoms with Gasteiger partial charge < -0.3 is 9.64 Å².